The summed E-state index contributed by atoms with van der Waals surface area (Å²) in [6.07, 6.45) is 0. The van der Waals surface area contributed by atoms with Crippen LogP contribution in [-0.2, 0) is 23.3 Å². The monoisotopic (exact) mass is 520 g/mol. The van der Waals surface area contributed by atoms with Gasteiger partial charge in [-0.05, 0) is 13.8 Å². The van der Waals surface area contributed by atoms with E-state index in [0.29, 0.717) is 0 Å². The van der Waals surface area contributed by atoms with Gasteiger partial charge in [0.25, 0.3) is 0 Å². The van der Waals surface area contributed by atoms with Gasteiger partial charge in [-0.2, -0.15) is 19.1 Å². The van der Waals surface area contributed by atoms with Crippen LogP contribution in [0.4, 0.5) is 0 Å². The predicted molar refractivity (Wildman–Crippen MR) is 136 cm³/mol. The van der Waals surface area contributed by atoms with Crippen molar-refractivity contribution < 1.29 is 23.3 Å². The van der Waals surface area contributed by atoms with E-state index >= 15 is 0 Å². The summed E-state index contributed by atoms with van der Waals surface area (Å²) in [4.78, 5) is 0. The zero-order valence-corrected chi connectivity index (χ0v) is 23.4. The molecule has 0 unspecified atom stereocenters. The Morgan fingerprint density at radius 1 is 0.690 bits per heavy atom. The minimum atomic E-state index is 0. The molecule has 4 heteroatoms. The van der Waals surface area contributed by atoms with Crippen molar-refractivity contribution in [1.29, 1.82) is 0 Å². The van der Waals surface area contributed by atoms with Crippen molar-refractivity contribution in [2.75, 3.05) is 0 Å². The van der Waals surface area contributed by atoms with E-state index in [9.17, 15) is 0 Å². The van der Waals surface area contributed by atoms with Crippen LogP contribution in [0.15, 0.2) is 60.7 Å². The van der Waals surface area contributed by atoms with Gasteiger partial charge < -0.3 is 14.4 Å². The second kappa shape index (κ2) is 17.1. The molecule has 29 heavy (non-hydrogen) atoms. The molecule has 2 radical (unpaired) electrons. The molecule has 0 atom stereocenters. The van der Waals surface area contributed by atoms with Crippen LogP contribution in [0.1, 0.15) is 29.2 Å². The average Bonchev–Trinajstić information content (AvgIpc) is 3.22. The number of benzene rings is 2. The van der Waals surface area contributed by atoms with E-state index in [1.807, 2.05) is 0 Å². The summed E-state index contributed by atoms with van der Waals surface area (Å²) in [6.45, 7) is 16.6. The summed E-state index contributed by atoms with van der Waals surface area (Å²) in [6, 6.07) is 21.8. The van der Waals surface area contributed by atoms with Crippen LogP contribution in [0.5, 0.6) is 0 Å². The maximum atomic E-state index is 3.25. The fourth-order valence-corrected chi connectivity index (χ4v) is 3.08. The van der Waals surface area contributed by atoms with Crippen LogP contribution >= 0.6 is 24.8 Å². The average molecular weight is 523 g/mol. The third-order valence-corrected chi connectivity index (χ3v) is 4.23. The van der Waals surface area contributed by atoms with Gasteiger partial charge in [-0.25, -0.2) is 0 Å². The molecule has 0 aliphatic carbocycles. The molecule has 4 aromatic rings. The molecule has 0 saturated carbocycles. The molecule has 0 nitrogen and oxygen atoms in total. The Morgan fingerprint density at radius 3 is 1.28 bits per heavy atom. The molecule has 4 rings (SSSR count). The van der Waals surface area contributed by atoms with Crippen LogP contribution in [0.25, 0.3) is 21.5 Å². The first-order valence-corrected chi connectivity index (χ1v) is 12.9. The number of fused-ring (bicyclic) bond motifs is 2. The molecule has 0 aliphatic heterocycles. The molecule has 4 aromatic carbocycles. The minimum absolute atomic E-state index is 0. The molecule has 0 aromatic heterocycles. The van der Waals surface area contributed by atoms with E-state index in [2.05, 4.69) is 102 Å². The van der Waals surface area contributed by atoms with Gasteiger partial charge in [0.2, 0.25) is 0 Å². The molecular formula is C25H32Cl2SiZr-4. The Morgan fingerprint density at radius 2 is 1.00 bits per heavy atom. The quantitative estimate of drug-likeness (QED) is 0.162. The molecule has 0 bridgehead atoms. The fourth-order valence-electron chi connectivity index (χ4n) is 3.08. The Labute approximate surface area is 207 Å². The zero-order valence-electron chi connectivity index (χ0n) is 18.3. The van der Waals surface area contributed by atoms with Crippen molar-refractivity contribution in [1.82, 2.24) is 0 Å². The van der Waals surface area contributed by atoms with E-state index in [1.54, 1.807) is 6.92 Å². The normalized spacial score (nSPS) is 8.45. The topological polar surface area (TPSA) is 0 Å². The number of hydrogen-bond acceptors (Lipinski definition) is 0. The van der Waals surface area contributed by atoms with Crippen LogP contribution in [-0.4, -0.2) is 6.88 Å². The van der Waals surface area contributed by atoms with Crippen molar-refractivity contribution in [2.45, 2.75) is 34.6 Å². The molecule has 0 N–H and O–H groups in total. The number of rotatable bonds is 0. The second-order valence-electron chi connectivity index (χ2n) is 6.22. The number of aryl methyl sites for hydroxylation is 4. The van der Waals surface area contributed by atoms with E-state index < -0.39 is 0 Å². The molecule has 0 fully saturated rings. The SMILES string of the molecule is Cc1cc2c(C)cccc2[cH-]1.Cc1cc2c(C)cccc2[cH-]1.Cl.Cl.[CH2-]C.[CH3-].[Si]=[Zr]. The van der Waals surface area contributed by atoms with E-state index in [-0.39, 0.29) is 32.2 Å². The summed E-state index contributed by atoms with van der Waals surface area (Å²) in [5, 5.41) is 5.51. The Kier molecular flexibility index (Phi) is 19.4. The summed E-state index contributed by atoms with van der Waals surface area (Å²) < 4.78 is 0. The van der Waals surface area contributed by atoms with Gasteiger partial charge in [-0.1, -0.05) is 37.1 Å². The number of hydrogen-bond donors (Lipinski definition) is 0. The fraction of sp³-hybridized carbons (Fsp3) is 0.200. The Bertz CT molecular complexity index is 876. The zero-order chi connectivity index (χ0) is 19.7. The van der Waals surface area contributed by atoms with Crippen molar-refractivity contribution in [3.8, 4) is 0 Å². The molecular weight excluding hydrogens is 490 g/mol. The molecule has 0 amide bonds. The van der Waals surface area contributed by atoms with Crippen LogP contribution in [0.2, 0.25) is 0 Å². The van der Waals surface area contributed by atoms with Gasteiger partial charge >= 0.3 is 30.2 Å². The first kappa shape index (κ1) is 33.0. The predicted octanol–water partition coefficient (Wildman–Crippen LogP) is 8.10. The van der Waals surface area contributed by atoms with Gasteiger partial charge in [0.1, 0.15) is 0 Å². The maximum absolute atomic E-state index is 3.25. The molecule has 0 aliphatic rings. The van der Waals surface area contributed by atoms with Gasteiger partial charge in [0, 0.05) is 0 Å². The van der Waals surface area contributed by atoms with Gasteiger partial charge in [0.05, 0.1) is 0 Å². The summed E-state index contributed by atoms with van der Waals surface area (Å²) in [5.41, 5.74) is 5.45. The standard InChI is InChI=1S/2C11H11.C2H5.CH3.2ClH.Si.Zr/c2*1-8-6-10-5-3-4-9(2)11(10)7-8;1-2;;;;;/h2*3-7H,1-2H3;1H2,2H3;1H3;2*1H;;/q4*-1;;;;. The Balaban J connectivity index is -0.000000366. The first-order chi connectivity index (χ1) is 12.5. The third-order valence-electron chi connectivity index (χ3n) is 4.23. The van der Waals surface area contributed by atoms with E-state index in [1.165, 1.54) is 67.1 Å². The Hall–Kier alpha value is -0.660. The molecule has 0 spiro atoms. The van der Waals surface area contributed by atoms with Crippen molar-refractivity contribution in [3.63, 3.8) is 0 Å². The first-order valence-electron chi connectivity index (χ1n) is 8.75. The van der Waals surface area contributed by atoms with Crippen LogP contribution in [0, 0.1) is 42.0 Å². The summed E-state index contributed by atoms with van der Waals surface area (Å²) in [7, 11) is 0. The van der Waals surface area contributed by atoms with E-state index in [4.69, 9.17) is 0 Å². The third kappa shape index (κ3) is 9.35. The van der Waals surface area contributed by atoms with E-state index in [0.717, 1.165) is 0 Å². The van der Waals surface area contributed by atoms with Crippen molar-refractivity contribution in [3.05, 3.63) is 97.3 Å². The molecule has 158 valence electrons. The second-order valence-corrected chi connectivity index (χ2v) is 6.22. The summed E-state index contributed by atoms with van der Waals surface area (Å²) >= 11 is 1.36. The van der Waals surface area contributed by atoms with Crippen LogP contribution < -0.4 is 0 Å². The number of halogens is 2. The van der Waals surface area contributed by atoms with Gasteiger partial charge in [0.15, 0.2) is 0 Å². The van der Waals surface area contributed by atoms with Crippen molar-refractivity contribution in [2.24, 2.45) is 0 Å². The van der Waals surface area contributed by atoms with Gasteiger partial charge in [-0.15, -0.1) is 93.9 Å². The van der Waals surface area contributed by atoms with Crippen LogP contribution in [0.3, 0.4) is 0 Å². The molecule has 0 saturated heterocycles. The van der Waals surface area contributed by atoms with Gasteiger partial charge in [-0.3, -0.25) is 0 Å². The van der Waals surface area contributed by atoms with Crippen molar-refractivity contribution >= 4 is 53.2 Å². The molecule has 0 heterocycles. The summed E-state index contributed by atoms with van der Waals surface area (Å²) in [5.74, 6) is 0.